The van der Waals surface area contributed by atoms with Crippen LogP contribution in [-0.4, -0.2) is 26.9 Å². The molecule has 0 aliphatic rings. The first-order valence-corrected chi connectivity index (χ1v) is 8.55. The zero-order valence-electron chi connectivity index (χ0n) is 13.1. The summed E-state index contributed by atoms with van der Waals surface area (Å²) in [7, 11) is -4.11. The molecule has 2 aromatic rings. The molecule has 3 N–H and O–H groups in total. The maximum absolute atomic E-state index is 13.7. The SMILES string of the molecule is C[C@H](NC(=O)COC(=O)c1cc(S(N)(=O)=O)ccc1F)c1ccco1. The third-order valence-corrected chi connectivity index (χ3v) is 4.08. The summed E-state index contributed by atoms with van der Waals surface area (Å²) in [4.78, 5) is 23.2. The normalized spacial score (nSPS) is 12.4. The highest BCUT2D eigenvalue weighted by molar-refractivity contribution is 7.89. The molecule has 0 saturated carbocycles. The fraction of sp³-hybridized carbons (Fsp3) is 0.200. The van der Waals surface area contributed by atoms with Crippen LogP contribution >= 0.6 is 0 Å². The number of primary sulfonamides is 1. The summed E-state index contributed by atoms with van der Waals surface area (Å²) in [5.74, 6) is -2.32. The average molecular weight is 370 g/mol. The van der Waals surface area contributed by atoms with Gasteiger partial charge >= 0.3 is 5.97 Å². The molecule has 0 saturated heterocycles. The highest BCUT2D eigenvalue weighted by atomic mass is 32.2. The van der Waals surface area contributed by atoms with E-state index in [9.17, 15) is 22.4 Å². The van der Waals surface area contributed by atoms with Gasteiger partial charge in [0.1, 0.15) is 11.6 Å². The van der Waals surface area contributed by atoms with Gasteiger partial charge in [-0.25, -0.2) is 22.7 Å². The molecule has 1 aromatic carbocycles. The Labute approximate surface area is 142 Å². The van der Waals surface area contributed by atoms with Crippen molar-refractivity contribution in [2.24, 2.45) is 5.14 Å². The summed E-state index contributed by atoms with van der Waals surface area (Å²) >= 11 is 0. The molecular formula is C15H15FN2O6S. The average Bonchev–Trinajstić information content (AvgIpc) is 3.06. The van der Waals surface area contributed by atoms with Gasteiger partial charge in [0.25, 0.3) is 5.91 Å². The predicted molar refractivity (Wildman–Crippen MR) is 83.3 cm³/mol. The number of halogens is 1. The van der Waals surface area contributed by atoms with Crippen LogP contribution in [0.4, 0.5) is 4.39 Å². The Balaban J connectivity index is 1.99. The molecule has 1 atom stereocenters. The molecule has 2 rings (SSSR count). The minimum absolute atomic E-state index is 0.447. The van der Waals surface area contributed by atoms with E-state index in [0.29, 0.717) is 5.76 Å². The Morgan fingerprint density at radius 2 is 2.08 bits per heavy atom. The van der Waals surface area contributed by atoms with Crippen LogP contribution in [0.1, 0.15) is 29.1 Å². The summed E-state index contributed by atoms with van der Waals surface area (Å²) in [6.45, 7) is 0.983. The fourth-order valence-corrected chi connectivity index (χ4v) is 2.48. The predicted octanol–water partition coefficient (Wildman–Crippen LogP) is 1.10. The molecule has 0 aliphatic heterocycles. The van der Waals surface area contributed by atoms with E-state index in [4.69, 9.17) is 14.3 Å². The van der Waals surface area contributed by atoms with Gasteiger partial charge in [-0.05, 0) is 37.3 Å². The number of nitrogens with two attached hydrogens (primary N) is 1. The van der Waals surface area contributed by atoms with Crippen LogP contribution in [0.5, 0.6) is 0 Å². The topological polar surface area (TPSA) is 129 Å². The lowest BCUT2D eigenvalue weighted by molar-refractivity contribution is -0.125. The summed E-state index contributed by atoms with van der Waals surface area (Å²) in [6.07, 6.45) is 1.44. The van der Waals surface area contributed by atoms with Gasteiger partial charge in [-0.15, -0.1) is 0 Å². The maximum Gasteiger partial charge on any atom is 0.341 e. The number of carbonyl (C=O) groups is 2. The molecule has 10 heteroatoms. The third-order valence-electron chi connectivity index (χ3n) is 3.17. The zero-order chi connectivity index (χ0) is 18.6. The van der Waals surface area contributed by atoms with Crippen LogP contribution < -0.4 is 10.5 Å². The van der Waals surface area contributed by atoms with E-state index in [1.165, 1.54) is 6.26 Å². The summed E-state index contributed by atoms with van der Waals surface area (Å²) in [6, 6.07) is 5.29. The summed E-state index contributed by atoms with van der Waals surface area (Å²) < 4.78 is 46.0. The molecule has 0 unspecified atom stereocenters. The molecule has 1 amide bonds. The lowest BCUT2D eigenvalue weighted by Gasteiger charge is -2.12. The molecule has 25 heavy (non-hydrogen) atoms. The molecule has 134 valence electrons. The molecular weight excluding hydrogens is 355 g/mol. The van der Waals surface area contributed by atoms with E-state index < -0.39 is 50.8 Å². The van der Waals surface area contributed by atoms with Crippen LogP contribution in [0, 0.1) is 5.82 Å². The van der Waals surface area contributed by atoms with E-state index in [1.807, 2.05) is 0 Å². The Bertz CT molecular complexity index is 879. The van der Waals surface area contributed by atoms with Gasteiger partial charge in [0.05, 0.1) is 22.8 Å². The van der Waals surface area contributed by atoms with E-state index in [2.05, 4.69) is 5.32 Å². The first kappa shape index (κ1) is 18.6. The first-order valence-electron chi connectivity index (χ1n) is 7.00. The van der Waals surface area contributed by atoms with E-state index in [-0.39, 0.29) is 0 Å². The van der Waals surface area contributed by atoms with Gasteiger partial charge in [-0.2, -0.15) is 0 Å². The molecule has 0 aliphatic carbocycles. The van der Waals surface area contributed by atoms with Crippen molar-refractivity contribution < 1.29 is 31.6 Å². The van der Waals surface area contributed by atoms with Crippen LogP contribution in [-0.2, 0) is 19.6 Å². The van der Waals surface area contributed by atoms with Crippen molar-refractivity contribution in [3.05, 3.63) is 53.7 Å². The number of carbonyl (C=O) groups excluding carboxylic acids is 2. The van der Waals surface area contributed by atoms with Crippen molar-refractivity contribution in [2.45, 2.75) is 17.9 Å². The Kier molecular flexibility index (Phi) is 5.55. The largest absolute Gasteiger partial charge is 0.467 e. The van der Waals surface area contributed by atoms with E-state index in [0.717, 1.165) is 18.2 Å². The van der Waals surface area contributed by atoms with Crippen LogP contribution in [0.2, 0.25) is 0 Å². The second-order valence-electron chi connectivity index (χ2n) is 5.07. The summed E-state index contributed by atoms with van der Waals surface area (Å²) in [5, 5.41) is 7.44. The first-order chi connectivity index (χ1) is 11.7. The highest BCUT2D eigenvalue weighted by Crippen LogP contribution is 2.15. The van der Waals surface area contributed by atoms with Gasteiger partial charge in [0.15, 0.2) is 6.61 Å². The number of sulfonamides is 1. The molecule has 0 spiro atoms. The van der Waals surface area contributed by atoms with Crippen LogP contribution in [0.3, 0.4) is 0 Å². The van der Waals surface area contributed by atoms with Gasteiger partial charge in [-0.1, -0.05) is 0 Å². The smallest absolute Gasteiger partial charge is 0.341 e. The van der Waals surface area contributed by atoms with E-state index in [1.54, 1.807) is 19.1 Å². The van der Waals surface area contributed by atoms with Crippen LogP contribution in [0.25, 0.3) is 0 Å². The molecule has 0 radical (unpaired) electrons. The second-order valence-corrected chi connectivity index (χ2v) is 6.63. The fourth-order valence-electron chi connectivity index (χ4n) is 1.94. The molecule has 8 nitrogen and oxygen atoms in total. The number of amides is 1. The Morgan fingerprint density at radius 3 is 2.68 bits per heavy atom. The lowest BCUT2D eigenvalue weighted by atomic mass is 10.2. The Hall–Kier alpha value is -2.72. The number of hydrogen-bond acceptors (Lipinski definition) is 6. The van der Waals surface area contributed by atoms with Gasteiger partial charge in [0.2, 0.25) is 10.0 Å². The van der Waals surface area contributed by atoms with Crippen LogP contribution in [0.15, 0.2) is 45.9 Å². The number of furan rings is 1. The number of hydrogen-bond donors (Lipinski definition) is 2. The van der Waals surface area contributed by atoms with Crippen molar-refractivity contribution in [3.8, 4) is 0 Å². The molecule has 0 bridgehead atoms. The second kappa shape index (κ2) is 7.45. The van der Waals surface area contributed by atoms with Crippen molar-refractivity contribution >= 4 is 21.9 Å². The summed E-state index contributed by atoms with van der Waals surface area (Å²) in [5.41, 5.74) is -0.640. The minimum Gasteiger partial charge on any atom is -0.467 e. The van der Waals surface area contributed by atoms with Crippen molar-refractivity contribution in [2.75, 3.05) is 6.61 Å². The van der Waals surface area contributed by atoms with Crippen molar-refractivity contribution in [3.63, 3.8) is 0 Å². The third kappa shape index (κ3) is 4.88. The Morgan fingerprint density at radius 1 is 1.36 bits per heavy atom. The lowest BCUT2D eigenvalue weighted by Crippen LogP contribution is -2.31. The number of ether oxygens (including phenoxy) is 1. The number of benzene rings is 1. The van der Waals surface area contributed by atoms with Gasteiger partial charge in [-0.3, -0.25) is 4.79 Å². The molecule has 0 fully saturated rings. The number of rotatable bonds is 6. The number of nitrogens with one attached hydrogen (secondary N) is 1. The maximum atomic E-state index is 13.7. The number of esters is 1. The molecule has 1 heterocycles. The zero-order valence-corrected chi connectivity index (χ0v) is 13.9. The minimum atomic E-state index is -4.11. The monoisotopic (exact) mass is 370 g/mol. The van der Waals surface area contributed by atoms with Gasteiger partial charge < -0.3 is 14.5 Å². The van der Waals surface area contributed by atoms with Crippen molar-refractivity contribution in [1.82, 2.24) is 5.32 Å². The van der Waals surface area contributed by atoms with E-state index >= 15 is 0 Å². The standard InChI is InChI=1S/C15H15FN2O6S/c1-9(13-3-2-6-23-13)18-14(19)8-24-15(20)11-7-10(25(17,21)22)4-5-12(11)16/h2-7,9H,8H2,1H3,(H,18,19)(H2,17,21,22)/t9-/m0/s1. The molecule has 1 aromatic heterocycles. The van der Waals surface area contributed by atoms with Gasteiger partial charge in [0, 0.05) is 0 Å². The van der Waals surface area contributed by atoms with Crippen molar-refractivity contribution in [1.29, 1.82) is 0 Å². The quantitative estimate of drug-likeness (QED) is 0.733. The highest BCUT2D eigenvalue weighted by Gasteiger charge is 2.19.